The number of hydrogen-bond donors (Lipinski definition) is 2. The smallest absolute Gasteiger partial charge is 0.297 e. The Morgan fingerprint density at radius 1 is 1.32 bits per heavy atom. The number of aromatic hydroxyl groups is 1. The summed E-state index contributed by atoms with van der Waals surface area (Å²) >= 11 is 3.33. The average Bonchev–Trinajstić information content (AvgIpc) is 2.41. The number of carbonyl (C=O) groups is 1. The molecule has 0 saturated carbocycles. The summed E-state index contributed by atoms with van der Waals surface area (Å²) in [6.07, 6.45) is 1.42. The molecule has 5 nitrogen and oxygen atoms in total. The van der Waals surface area contributed by atoms with Gasteiger partial charge in [0, 0.05) is 10.7 Å². The van der Waals surface area contributed by atoms with Crippen LogP contribution in [0.2, 0.25) is 0 Å². The van der Waals surface area contributed by atoms with Crippen LogP contribution < -0.4 is 5.48 Å². The van der Waals surface area contributed by atoms with Gasteiger partial charge in [0.05, 0.1) is 6.61 Å². The van der Waals surface area contributed by atoms with Crippen molar-refractivity contribution in [2.24, 2.45) is 0 Å². The standard InChI is InChI=1S/C13H11BrN2O3/c14-10-5-3-9(4-6-10)8-19-16-13(18)12-11(17)2-1-7-15-12/h1-7,17H,8H2,(H,16,18). The van der Waals surface area contributed by atoms with Crippen LogP contribution in [0.25, 0.3) is 0 Å². The molecule has 1 amide bonds. The molecular weight excluding hydrogens is 312 g/mol. The Labute approximate surface area is 118 Å². The summed E-state index contributed by atoms with van der Waals surface area (Å²) in [5.74, 6) is -0.776. The average molecular weight is 323 g/mol. The summed E-state index contributed by atoms with van der Waals surface area (Å²) in [7, 11) is 0. The lowest BCUT2D eigenvalue weighted by Crippen LogP contribution is -2.24. The van der Waals surface area contributed by atoms with E-state index in [4.69, 9.17) is 4.84 Å². The fourth-order valence-corrected chi connectivity index (χ4v) is 1.65. The van der Waals surface area contributed by atoms with Gasteiger partial charge in [-0.1, -0.05) is 28.1 Å². The van der Waals surface area contributed by atoms with Gasteiger partial charge < -0.3 is 5.11 Å². The number of carbonyl (C=O) groups excluding carboxylic acids is 1. The number of aromatic nitrogens is 1. The summed E-state index contributed by atoms with van der Waals surface area (Å²) in [5, 5.41) is 9.44. The maximum Gasteiger partial charge on any atom is 0.297 e. The highest BCUT2D eigenvalue weighted by molar-refractivity contribution is 9.10. The van der Waals surface area contributed by atoms with E-state index in [0.29, 0.717) is 0 Å². The Hall–Kier alpha value is -1.92. The molecule has 0 aliphatic carbocycles. The first-order valence-electron chi connectivity index (χ1n) is 5.47. The van der Waals surface area contributed by atoms with Gasteiger partial charge in [-0.25, -0.2) is 10.5 Å². The molecule has 2 rings (SSSR count). The van der Waals surface area contributed by atoms with E-state index < -0.39 is 5.91 Å². The zero-order valence-corrected chi connectivity index (χ0v) is 11.4. The quantitative estimate of drug-likeness (QED) is 0.848. The molecule has 1 heterocycles. The second kappa shape index (κ2) is 6.31. The van der Waals surface area contributed by atoms with E-state index in [1.165, 1.54) is 18.3 Å². The van der Waals surface area contributed by atoms with Crippen LogP contribution in [0.4, 0.5) is 0 Å². The minimum atomic E-state index is -0.588. The molecule has 0 bridgehead atoms. The number of rotatable bonds is 4. The van der Waals surface area contributed by atoms with Crippen molar-refractivity contribution in [1.82, 2.24) is 10.5 Å². The predicted molar refractivity (Wildman–Crippen MR) is 72.3 cm³/mol. The van der Waals surface area contributed by atoms with Crippen LogP contribution in [0.15, 0.2) is 47.1 Å². The van der Waals surface area contributed by atoms with E-state index in [2.05, 4.69) is 26.4 Å². The summed E-state index contributed by atoms with van der Waals surface area (Å²) in [6, 6.07) is 10.4. The third-order valence-corrected chi connectivity index (χ3v) is 2.85. The van der Waals surface area contributed by atoms with Crippen molar-refractivity contribution in [2.45, 2.75) is 6.61 Å². The van der Waals surface area contributed by atoms with E-state index >= 15 is 0 Å². The van der Waals surface area contributed by atoms with Gasteiger partial charge in [-0.3, -0.25) is 9.63 Å². The number of hydroxylamine groups is 1. The molecule has 1 aromatic carbocycles. The third kappa shape index (κ3) is 3.77. The van der Waals surface area contributed by atoms with Gasteiger partial charge in [0.15, 0.2) is 5.69 Å². The molecule has 0 unspecified atom stereocenters. The first-order valence-corrected chi connectivity index (χ1v) is 6.26. The Morgan fingerprint density at radius 2 is 2.05 bits per heavy atom. The zero-order valence-electron chi connectivity index (χ0n) is 9.84. The number of halogens is 1. The summed E-state index contributed by atoms with van der Waals surface area (Å²) in [6.45, 7) is 0.229. The van der Waals surface area contributed by atoms with Crippen molar-refractivity contribution in [1.29, 1.82) is 0 Å². The lowest BCUT2D eigenvalue weighted by Gasteiger charge is -2.06. The number of nitrogens with zero attached hydrogens (tertiary/aromatic N) is 1. The first kappa shape index (κ1) is 13.5. The highest BCUT2D eigenvalue weighted by Gasteiger charge is 2.11. The number of hydrogen-bond acceptors (Lipinski definition) is 4. The van der Waals surface area contributed by atoms with E-state index in [0.717, 1.165) is 10.0 Å². The number of benzene rings is 1. The molecule has 0 atom stereocenters. The first-order chi connectivity index (χ1) is 9.16. The minimum Gasteiger partial charge on any atom is -0.505 e. The van der Waals surface area contributed by atoms with Crippen molar-refractivity contribution < 1.29 is 14.7 Å². The van der Waals surface area contributed by atoms with Crippen LogP contribution in [0.1, 0.15) is 16.1 Å². The van der Waals surface area contributed by atoms with Crippen molar-refractivity contribution in [3.63, 3.8) is 0 Å². The fourth-order valence-electron chi connectivity index (χ4n) is 1.39. The predicted octanol–water partition coefficient (Wildman–Crippen LogP) is 2.41. The molecule has 0 fully saturated rings. The summed E-state index contributed by atoms with van der Waals surface area (Å²) in [4.78, 5) is 20.5. The SMILES string of the molecule is O=C(NOCc1ccc(Br)cc1)c1ncccc1O. The van der Waals surface area contributed by atoms with Crippen LogP contribution in [0.5, 0.6) is 5.75 Å². The normalized spacial score (nSPS) is 10.2. The van der Waals surface area contributed by atoms with Crippen LogP contribution in [-0.2, 0) is 11.4 Å². The second-order valence-corrected chi connectivity index (χ2v) is 4.63. The summed E-state index contributed by atoms with van der Waals surface area (Å²) in [5.41, 5.74) is 3.07. The third-order valence-electron chi connectivity index (χ3n) is 2.32. The van der Waals surface area contributed by atoms with Crippen molar-refractivity contribution in [3.8, 4) is 5.75 Å². The highest BCUT2D eigenvalue weighted by Crippen LogP contribution is 2.13. The lowest BCUT2D eigenvalue weighted by molar-refractivity contribution is 0.0227. The molecule has 0 radical (unpaired) electrons. The van der Waals surface area contributed by atoms with Gasteiger partial charge in [0.2, 0.25) is 0 Å². The van der Waals surface area contributed by atoms with E-state index in [-0.39, 0.29) is 18.1 Å². The van der Waals surface area contributed by atoms with Crippen LogP contribution in [0, 0.1) is 0 Å². The van der Waals surface area contributed by atoms with E-state index in [1.54, 1.807) is 0 Å². The van der Waals surface area contributed by atoms with Crippen LogP contribution in [-0.4, -0.2) is 16.0 Å². The molecule has 98 valence electrons. The van der Waals surface area contributed by atoms with Gasteiger partial charge in [-0.05, 0) is 29.8 Å². The number of nitrogens with one attached hydrogen (secondary N) is 1. The maximum absolute atomic E-state index is 11.6. The van der Waals surface area contributed by atoms with Gasteiger partial charge in [-0.15, -0.1) is 0 Å². The Balaban J connectivity index is 1.88. The fraction of sp³-hybridized carbons (Fsp3) is 0.0769. The second-order valence-electron chi connectivity index (χ2n) is 3.72. The molecular formula is C13H11BrN2O3. The molecule has 19 heavy (non-hydrogen) atoms. The summed E-state index contributed by atoms with van der Waals surface area (Å²) < 4.78 is 0.971. The van der Waals surface area contributed by atoms with Gasteiger partial charge in [0.1, 0.15) is 5.75 Å². The molecule has 2 N–H and O–H groups in total. The largest absolute Gasteiger partial charge is 0.505 e. The molecule has 6 heteroatoms. The van der Waals surface area contributed by atoms with E-state index in [9.17, 15) is 9.90 Å². The van der Waals surface area contributed by atoms with Gasteiger partial charge >= 0.3 is 0 Å². The molecule has 0 aliphatic rings. The topological polar surface area (TPSA) is 71.5 Å². The Morgan fingerprint density at radius 3 is 2.74 bits per heavy atom. The monoisotopic (exact) mass is 322 g/mol. The molecule has 0 saturated heterocycles. The maximum atomic E-state index is 11.6. The van der Waals surface area contributed by atoms with Crippen LogP contribution in [0.3, 0.4) is 0 Å². The zero-order chi connectivity index (χ0) is 13.7. The molecule has 1 aromatic heterocycles. The number of amides is 1. The van der Waals surface area contributed by atoms with Crippen molar-refractivity contribution in [3.05, 3.63) is 58.3 Å². The minimum absolute atomic E-state index is 0.0710. The lowest BCUT2D eigenvalue weighted by atomic mass is 10.2. The van der Waals surface area contributed by atoms with Gasteiger partial charge in [-0.2, -0.15) is 0 Å². The van der Waals surface area contributed by atoms with Crippen LogP contribution >= 0.6 is 15.9 Å². The molecule has 0 spiro atoms. The Kier molecular flexibility index (Phi) is 4.48. The highest BCUT2D eigenvalue weighted by atomic mass is 79.9. The van der Waals surface area contributed by atoms with Crippen molar-refractivity contribution >= 4 is 21.8 Å². The van der Waals surface area contributed by atoms with Gasteiger partial charge in [0.25, 0.3) is 5.91 Å². The molecule has 2 aromatic rings. The Bertz CT molecular complexity index is 572. The van der Waals surface area contributed by atoms with Crippen molar-refractivity contribution in [2.75, 3.05) is 0 Å². The van der Waals surface area contributed by atoms with E-state index in [1.807, 2.05) is 24.3 Å². The number of pyridine rings is 1. The molecule has 0 aliphatic heterocycles.